The number of nitro groups is 1. The first-order valence-electron chi connectivity index (χ1n) is 7.59. The Morgan fingerprint density at radius 3 is 2.65 bits per heavy atom. The maximum absolute atomic E-state index is 11.9. The van der Waals surface area contributed by atoms with Crippen molar-refractivity contribution in [1.29, 1.82) is 0 Å². The fourth-order valence-electron chi connectivity index (χ4n) is 2.40. The van der Waals surface area contributed by atoms with Gasteiger partial charge in [-0.25, -0.2) is 0 Å². The second-order valence-corrected chi connectivity index (χ2v) is 5.42. The minimum absolute atomic E-state index is 0.0676. The van der Waals surface area contributed by atoms with Gasteiger partial charge in [0.25, 0.3) is 11.6 Å². The molecule has 1 aliphatic rings. The van der Waals surface area contributed by atoms with Gasteiger partial charge in [-0.1, -0.05) is 0 Å². The van der Waals surface area contributed by atoms with Crippen molar-refractivity contribution in [2.45, 2.75) is 25.3 Å². The van der Waals surface area contributed by atoms with Crippen molar-refractivity contribution in [2.75, 3.05) is 19.6 Å². The molecule has 8 heteroatoms. The second-order valence-electron chi connectivity index (χ2n) is 5.42. The highest BCUT2D eigenvalue weighted by atomic mass is 16.6. The highest BCUT2D eigenvalue weighted by Crippen LogP contribution is 2.11. The number of carbonyl (C=O) groups excluding carboxylic acids is 2. The maximum atomic E-state index is 11.9. The van der Waals surface area contributed by atoms with E-state index in [1.807, 2.05) is 0 Å². The van der Waals surface area contributed by atoms with Gasteiger partial charge >= 0.3 is 0 Å². The van der Waals surface area contributed by atoms with Gasteiger partial charge in [0.1, 0.15) is 0 Å². The summed E-state index contributed by atoms with van der Waals surface area (Å²) in [5, 5.41) is 19.3. The van der Waals surface area contributed by atoms with E-state index in [1.54, 1.807) is 0 Å². The zero-order chi connectivity index (χ0) is 16.7. The summed E-state index contributed by atoms with van der Waals surface area (Å²) in [6.45, 7) is 1.99. The summed E-state index contributed by atoms with van der Waals surface area (Å²) < 4.78 is 0. The minimum Gasteiger partial charge on any atom is -0.352 e. The quantitative estimate of drug-likeness (QED) is 0.524. The summed E-state index contributed by atoms with van der Waals surface area (Å²) in [5.74, 6) is -0.449. The molecule has 1 saturated heterocycles. The van der Waals surface area contributed by atoms with Crippen LogP contribution in [-0.2, 0) is 4.79 Å². The summed E-state index contributed by atoms with van der Waals surface area (Å²) in [6.07, 6.45) is 2.21. The lowest BCUT2D eigenvalue weighted by molar-refractivity contribution is -0.384. The van der Waals surface area contributed by atoms with Crippen LogP contribution in [-0.4, -0.2) is 42.4 Å². The summed E-state index contributed by atoms with van der Waals surface area (Å²) in [4.78, 5) is 33.7. The zero-order valence-electron chi connectivity index (χ0n) is 12.7. The monoisotopic (exact) mass is 320 g/mol. The molecule has 1 aromatic rings. The van der Waals surface area contributed by atoms with Crippen LogP contribution in [0.15, 0.2) is 24.3 Å². The molecule has 0 unspecified atom stereocenters. The van der Waals surface area contributed by atoms with Crippen LogP contribution in [0.2, 0.25) is 0 Å². The van der Waals surface area contributed by atoms with Crippen molar-refractivity contribution in [2.24, 2.45) is 0 Å². The van der Waals surface area contributed by atoms with Crippen molar-refractivity contribution < 1.29 is 14.5 Å². The van der Waals surface area contributed by atoms with Crippen LogP contribution >= 0.6 is 0 Å². The smallest absolute Gasteiger partial charge is 0.269 e. The van der Waals surface area contributed by atoms with Crippen molar-refractivity contribution in [3.8, 4) is 0 Å². The standard InChI is InChI=1S/C15H20N4O4/c20-14(18-12-2-1-8-16-10-12)7-9-17-15(21)11-3-5-13(6-4-11)19(22)23/h3-6,12,16H,1-2,7-10H2,(H,17,21)(H,18,20)/t12-/m0/s1. The molecule has 1 heterocycles. The number of non-ortho nitro benzene ring substituents is 1. The predicted molar refractivity (Wildman–Crippen MR) is 84.1 cm³/mol. The molecule has 2 rings (SSSR count). The molecule has 0 aromatic heterocycles. The molecular weight excluding hydrogens is 300 g/mol. The largest absolute Gasteiger partial charge is 0.352 e. The molecule has 124 valence electrons. The van der Waals surface area contributed by atoms with Gasteiger partial charge in [0.2, 0.25) is 5.91 Å². The van der Waals surface area contributed by atoms with Crippen LogP contribution in [0, 0.1) is 10.1 Å². The maximum Gasteiger partial charge on any atom is 0.269 e. The molecule has 0 spiro atoms. The molecular formula is C15H20N4O4. The Kier molecular flexibility index (Phi) is 6.04. The molecule has 0 radical (unpaired) electrons. The number of amides is 2. The molecule has 2 amide bonds. The van der Waals surface area contributed by atoms with E-state index >= 15 is 0 Å². The van der Waals surface area contributed by atoms with Crippen molar-refractivity contribution >= 4 is 17.5 Å². The highest BCUT2D eigenvalue weighted by Gasteiger charge is 2.15. The molecule has 8 nitrogen and oxygen atoms in total. The second kappa shape index (κ2) is 8.23. The number of hydrogen-bond acceptors (Lipinski definition) is 5. The molecule has 1 aliphatic heterocycles. The number of nitrogens with zero attached hydrogens (tertiary/aromatic N) is 1. The number of piperidine rings is 1. The summed E-state index contributed by atoms with van der Waals surface area (Å²) in [5.41, 5.74) is 0.259. The number of benzene rings is 1. The van der Waals surface area contributed by atoms with E-state index in [4.69, 9.17) is 0 Å². The van der Waals surface area contributed by atoms with Crippen LogP contribution < -0.4 is 16.0 Å². The summed E-state index contributed by atoms with van der Waals surface area (Å²) >= 11 is 0. The van der Waals surface area contributed by atoms with Gasteiger partial charge < -0.3 is 16.0 Å². The summed E-state index contributed by atoms with van der Waals surface area (Å²) in [6, 6.07) is 5.49. The number of carbonyl (C=O) groups is 2. The average molecular weight is 320 g/mol. The summed E-state index contributed by atoms with van der Waals surface area (Å²) in [7, 11) is 0. The Labute approximate surface area is 133 Å². The molecule has 1 aromatic carbocycles. The lowest BCUT2D eigenvalue weighted by atomic mass is 10.1. The Balaban J connectivity index is 1.71. The van der Waals surface area contributed by atoms with Crippen molar-refractivity contribution in [3.05, 3.63) is 39.9 Å². The van der Waals surface area contributed by atoms with E-state index in [9.17, 15) is 19.7 Å². The lowest BCUT2D eigenvalue weighted by Gasteiger charge is -2.23. The highest BCUT2D eigenvalue weighted by molar-refractivity contribution is 5.94. The molecule has 1 atom stereocenters. The van der Waals surface area contributed by atoms with Gasteiger partial charge in [0.15, 0.2) is 0 Å². The SMILES string of the molecule is O=C(CCNC(=O)c1ccc([N+](=O)[O-])cc1)N[C@H]1CCCNC1. The van der Waals surface area contributed by atoms with Crippen LogP contribution in [0.3, 0.4) is 0 Å². The van der Waals surface area contributed by atoms with E-state index in [-0.39, 0.29) is 36.5 Å². The van der Waals surface area contributed by atoms with Gasteiger partial charge in [-0.3, -0.25) is 19.7 Å². The average Bonchev–Trinajstić information content (AvgIpc) is 2.55. The van der Waals surface area contributed by atoms with E-state index in [1.165, 1.54) is 24.3 Å². The predicted octanol–water partition coefficient (Wildman–Crippen LogP) is 0.583. The number of hydrogen-bond donors (Lipinski definition) is 3. The Morgan fingerprint density at radius 1 is 1.30 bits per heavy atom. The Morgan fingerprint density at radius 2 is 2.04 bits per heavy atom. The van der Waals surface area contributed by atoms with E-state index in [0.29, 0.717) is 5.56 Å². The van der Waals surface area contributed by atoms with Crippen molar-refractivity contribution in [1.82, 2.24) is 16.0 Å². The third-order valence-corrected chi connectivity index (χ3v) is 3.64. The van der Waals surface area contributed by atoms with Gasteiger partial charge in [0, 0.05) is 43.2 Å². The first-order chi connectivity index (χ1) is 11.1. The fourth-order valence-corrected chi connectivity index (χ4v) is 2.40. The fraction of sp³-hybridized carbons (Fsp3) is 0.467. The number of rotatable bonds is 6. The van der Waals surface area contributed by atoms with Crippen LogP contribution in [0.4, 0.5) is 5.69 Å². The van der Waals surface area contributed by atoms with Gasteiger partial charge in [0.05, 0.1) is 4.92 Å². The van der Waals surface area contributed by atoms with Gasteiger partial charge in [-0.05, 0) is 31.5 Å². The normalized spacial score (nSPS) is 17.3. The Hall–Kier alpha value is -2.48. The van der Waals surface area contributed by atoms with Crippen LogP contribution in [0.5, 0.6) is 0 Å². The molecule has 0 bridgehead atoms. The van der Waals surface area contributed by atoms with Gasteiger partial charge in [-0.2, -0.15) is 0 Å². The molecule has 0 aliphatic carbocycles. The third-order valence-electron chi connectivity index (χ3n) is 3.64. The molecule has 3 N–H and O–H groups in total. The molecule has 0 saturated carbocycles. The lowest BCUT2D eigenvalue weighted by Crippen LogP contribution is -2.46. The van der Waals surface area contributed by atoms with E-state index in [0.717, 1.165) is 25.9 Å². The zero-order valence-corrected chi connectivity index (χ0v) is 12.7. The number of nitro benzene ring substituents is 1. The minimum atomic E-state index is -0.522. The third kappa shape index (κ3) is 5.33. The Bertz CT molecular complexity index is 567. The first kappa shape index (κ1) is 16.9. The van der Waals surface area contributed by atoms with Crippen LogP contribution in [0.1, 0.15) is 29.6 Å². The van der Waals surface area contributed by atoms with Crippen LogP contribution in [0.25, 0.3) is 0 Å². The van der Waals surface area contributed by atoms with Gasteiger partial charge in [-0.15, -0.1) is 0 Å². The van der Waals surface area contributed by atoms with Crippen molar-refractivity contribution in [3.63, 3.8) is 0 Å². The van der Waals surface area contributed by atoms with E-state index < -0.39 is 4.92 Å². The topological polar surface area (TPSA) is 113 Å². The molecule has 23 heavy (non-hydrogen) atoms. The van der Waals surface area contributed by atoms with E-state index in [2.05, 4.69) is 16.0 Å². The molecule has 1 fully saturated rings. The first-order valence-corrected chi connectivity index (χ1v) is 7.59. The number of nitrogens with one attached hydrogen (secondary N) is 3.